The van der Waals surface area contributed by atoms with Gasteiger partial charge in [0.15, 0.2) is 6.61 Å². The molecule has 3 heterocycles. The van der Waals surface area contributed by atoms with Crippen molar-refractivity contribution < 1.29 is 28.3 Å². The number of carbonyl (C=O) groups excluding carboxylic acids is 3. The molecule has 176 valence electrons. The van der Waals surface area contributed by atoms with Crippen LogP contribution >= 0.6 is 11.6 Å². The van der Waals surface area contributed by atoms with Crippen LogP contribution in [0.25, 0.3) is 0 Å². The van der Waals surface area contributed by atoms with Gasteiger partial charge in [0.25, 0.3) is 5.91 Å². The molecular formula is C24H22ClN3O6. The second-order valence-corrected chi connectivity index (χ2v) is 8.16. The van der Waals surface area contributed by atoms with Crippen molar-refractivity contribution in [1.29, 1.82) is 0 Å². The summed E-state index contributed by atoms with van der Waals surface area (Å²) in [5.41, 5.74) is 2.70. The number of hydrogen-bond acceptors (Lipinski definition) is 7. The molecule has 1 amide bonds. The van der Waals surface area contributed by atoms with E-state index in [0.717, 1.165) is 5.56 Å². The Kier molecular flexibility index (Phi) is 6.56. The number of H-pyrrole nitrogens is 1. The number of furan rings is 1. The van der Waals surface area contributed by atoms with E-state index < -0.39 is 30.5 Å². The van der Waals surface area contributed by atoms with Crippen LogP contribution in [0.15, 0.2) is 52.2 Å². The van der Waals surface area contributed by atoms with E-state index in [9.17, 15) is 14.4 Å². The topological polar surface area (TPSA) is 114 Å². The average molecular weight is 484 g/mol. The minimum Gasteiger partial charge on any atom is -0.467 e. The quantitative estimate of drug-likeness (QED) is 0.525. The van der Waals surface area contributed by atoms with Gasteiger partial charge in [-0.25, -0.2) is 14.6 Å². The highest BCUT2D eigenvalue weighted by atomic mass is 35.5. The van der Waals surface area contributed by atoms with E-state index >= 15 is 0 Å². The van der Waals surface area contributed by atoms with Crippen LogP contribution in [-0.2, 0) is 14.3 Å². The molecule has 1 atom stereocenters. The van der Waals surface area contributed by atoms with Crippen LogP contribution < -0.4 is 0 Å². The number of aromatic nitrogens is 1. The molecule has 0 aliphatic carbocycles. The molecule has 10 heteroatoms. The van der Waals surface area contributed by atoms with Crippen molar-refractivity contribution in [3.8, 4) is 0 Å². The third-order valence-corrected chi connectivity index (χ3v) is 5.82. The number of esters is 2. The fourth-order valence-corrected chi connectivity index (χ4v) is 4.01. The summed E-state index contributed by atoms with van der Waals surface area (Å²) in [6, 6.07) is 10.2. The number of amides is 1. The number of aryl methyl sites for hydroxylation is 1. The van der Waals surface area contributed by atoms with E-state index in [1.54, 1.807) is 38.1 Å². The number of nitrogens with zero attached hydrogens (tertiary/aromatic N) is 2. The van der Waals surface area contributed by atoms with Gasteiger partial charge in [-0.2, -0.15) is 5.10 Å². The van der Waals surface area contributed by atoms with E-state index in [-0.39, 0.29) is 11.3 Å². The molecule has 1 aliphatic rings. The van der Waals surface area contributed by atoms with Gasteiger partial charge in [0, 0.05) is 17.1 Å². The van der Waals surface area contributed by atoms with Gasteiger partial charge in [-0.05, 0) is 49.2 Å². The number of benzene rings is 1. The van der Waals surface area contributed by atoms with Crippen molar-refractivity contribution in [2.45, 2.75) is 26.3 Å². The largest absolute Gasteiger partial charge is 0.467 e. The Labute approximate surface area is 200 Å². The third-order valence-electron chi connectivity index (χ3n) is 5.57. The normalized spacial score (nSPS) is 15.2. The fourth-order valence-electron chi connectivity index (χ4n) is 3.89. The van der Waals surface area contributed by atoms with Crippen molar-refractivity contribution in [3.63, 3.8) is 0 Å². The predicted octanol–water partition coefficient (Wildman–Crippen LogP) is 4.20. The first-order chi connectivity index (χ1) is 16.3. The molecule has 2 aromatic heterocycles. The van der Waals surface area contributed by atoms with Gasteiger partial charge >= 0.3 is 11.9 Å². The molecule has 0 bridgehead atoms. The monoisotopic (exact) mass is 483 g/mol. The molecule has 1 unspecified atom stereocenters. The van der Waals surface area contributed by atoms with Crippen LogP contribution in [0.3, 0.4) is 0 Å². The lowest BCUT2D eigenvalue weighted by molar-refractivity contribution is -0.136. The summed E-state index contributed by atoms with van der Waals surface area (Å²) in [6.07, 6.45) is 1.94. The second-order valence-electron chi connectivity index (χ2n) is 7.72. The molecule has 34 heavy (non-hydrogen) atoms. The van der Waals surface area contributed by atoms with Crippen molar-refractivity contribution in [2.24, 2.45) is 5.10 Å². The number of carbonyl (C=O) groups is 3. The van der Waals surface area contributed by atoms with Crippen LogP contribution in [0, 0.1) is 13.8 Å². The maximum Gasteiger partial charge on any atom is 0.355 e. The number of methoxy groups -OCH3 is 1. The molecule has 9 nitrogen and oxygen atoms in total. The van der Waals surface area contributed by atoms with Crippen molar-refractivity contribution in [1.82, 2.24) is 9.99 Å². The van der Waals surface area contributed by atoms with Crippen LogP contribution in [0.2, 0.25) is 5.02 Å². The van der Waals surface area contributed by atoms with E-state index in [2.05, 4.69) is 10.1 Å². The van der Waals surface area contributed by atoms with Gasteiger partial charge in [-0.15, -0.1) is 0 Å². The summed E-state index contributed by atoms with van der Waals surface area (Å²) in [4.78, 5) is 40.5. The van der Waals surface area contributed by atoms with Gasteiger partial charge in [0.05, 0.1) is 24.6 Å². The lowest BCUT2D eigenvalue weighted by atomic mass is 10.0. The highest BCUT2D eigenvalue weighted by Gasteiger charge is 2.35. The Bertz CT molecular complexity index is 1260. The first kappa shape index (κ1) is 23.3. The van der Waals surface area contributed by atoms with Crippen LogP contribution in [0.4, 0.5) is 0 Å². The Morgan fingerprint density at radius 3 is 2.56 bits per heavy atom. The van der Waals surface area contributed by atoms with Crippen LogP contribution in [0.1, 0.15) is 55.9 Å². The minimum atomic E-state index is -0.764. The number of hydrazone groups is 1. The highest BCUT2D eigenvalue weighted by molar-refractivity contribution is 6.30. The summed E-state index contributed by atoms with van der Waals surface area (Å²) in [7, 11) is 1.26. The van der Waals surface area contributed by atoms with E-state index in [1.807, 2.05) is 12.1 Å². The summed E-state index contributed by atoms with van der Waals surface area (Å²) in [5.74, 6) is -1.29. The molecular weight excluding hydrogens is 462 g/mol. The Morgan fingerprint density at radius 2 is 1.91 bits per heavy atom. The van der Waals surface area contributed by atoms with Crippen molar-refractivity contribution >= 4 is 35.2 Å². The minimum absolute atomic E-state index is 0.0834. The third kappa shape index (κ3) is 4.47. The zero-order valence-corrected chi connectivity index (χ0v) is 19.5. The van der Waals surface area contributed by atoms with Gasteiger partial charge in [-0.3, -0.25) is 4.79 Å². The Hall–Kier alpha value is -3.85. The average Bonchev–Trinajstić information content (AvgIpc) is 3.56. The number of ether oxygens (including phenoxy) is 2. The Balaban J connectivity index is 1.52. The molecule has 0 radical (unpaired) electrons. The van der Waals surface area contributed by atoms with Crippen LogP contribution in [0.5, 0.6) is 0 Å². The van der Waals surface area contributed by atoms with E-state index in [0.29, 0.717) is 34.2 Å². The summed E-state index contributed by atoms with van der Waals surface area (Å²) < 4.78 is 15.5. The first-order valence-electron chi connectivity index (χ1n) is 10.4. The predicted molar refractivity (Wildman–Crippen MR) is 123 cm³/mol. The maximum absolute atomic E-state index is 13.0. The molecule has 0 spiro atoms. The second kappa shape index (κ2) is 9.56. The van der Waals surface area contributed by atoms with Gasteiger partial charge in [-0.1, -0.05) is 23.7 Å². The van der Waals surface area contributed by atoms with E-state index in [4.69, 9.17) is 25.5 Å². The van der Waals surface area contributed by atoms with E-state index in [1.165, 1.54) is 18.4 Å². The summed E-state index contributed by atoms with van der Waals surface area (Å²) in [6.45, 7) is 2.70. The smallest absolute Gasteiger partial charge is 0.355 e. The number of rotatable bonds is 6. The lowest BCUT2D eigenvalue weighted by Gasteiger charge is -2.19. The SMILES string of the molecule is COC(=O)c1c(C)[nH]c(C(=O)OCC(=O)N2N=C(c3ccc(Cl)cc3)CC2c2ccco2)c1C. The molecule has 0 saturated carbocycles. The standard InChI is InChI=1S/C24H22ClN3O6/c1-13-21(23(30)32-3)14(2)26-22(13)24(31)34-12-20(29)28-18(19-5-4-10-33-19)11-17(27-28)15-6-8-16(25)9-7-15/h4-10,18,26H,11-12H2,1-3H3. The molecule has 1 aromatic carbocycles. The molecule has 1 N–H and O–H groups in total. The number of aromatic amines is 1. The molecule has 0 fully saturated rings. The number of nitrogens with one attached hydrogen (secondary N) is 1. The zero-order valence-electron chi connectivity index (χ0n) is 18.8. The van der Waals surface area contributed by atoms with Crippen LogP contribution in [-0.4, -0.2) is 47.3 Å². The summed E-state index contributed by atoms with van der Waals surface area (Å²) in [5, 5.41) is 6.34. The molecule has 4 rings (SSSR count). The zero-order chi connectivity index (χ0) is 24.4. The maximum atomic E-state index is 13.0. The first-order valence-corrected chi connectivity index (χ1v) is 10.8. The molecule has 3 aromatic rings. The number of halogens is 1. The van der Waals surface area contributed by atoms with Gasteiger partial charge in [0.1, 0.15) is 17.5 Å². The molecule has 0 saturated heterocycles. The highest BCUT2D eigenvalue weighted by Crippen LogP contribution is 2.33. The number of hydrogen-bond donors (Lipinski definition) is 1. The van der Waals surface area contributed by atoms with Crippen molar-refractivity contribution in [2.75, 3.05) is 13.7 Å². The van der Waals surface area contributed by atoms with Gasteiger partial charge in [0.2, 0.25) is 0 Å². The fraction of sp³-hybridized carbons (Fsp3) is 0.250. The Morgan fingerprint density at radius 1 is 1.18 bits per heavy atom. The van der Waals surface area contributed by atoms with Crippen molar-refractivity contribution in [3.05, 3.63) is 81.5 Å². The lowest BCUT2D eigenvalue weighted by Crippen LogP contribution is -2.31. The van der Waals surface area contributed by atoms with Gasteiger partial charge < -0.3 is 18.9 Å². The summed E-state index contributed by atoms with van der Waals surface area (Å²) >= 11 is 5.98. The molecule has 1 aliphatic heterocycles.